The number of hydrogen-bond donors (Lipinski definition) is 0. The Balaban J connectivity index is 1.76. The van der Waals surface area contributed by atoms with Crippen LogP contribution < -0.4 is 4.90 Å². The summed E-state index contributed by atoms with van der Waals surface area (Å²) in [6.45, 7) is 15.8. The predicted octanol–water partition coefficient (Wildman–Crippen LogP) is 5.94. The lowest BCUT2D eigenvalue weighted by atomic mass is 9.63. The molecule has 0 N–H and O–H groups in total. The van der Waals surface area contributed by atoms with Gasteiger partial charge in [-0.25, -0.2) is 9.97 Å². The Morgan fingerprint density at radius 1 is 0.938 bits per heavy atom. The fraction of sp³-hybridized carbons (Fsp3) is 0.464. The molecule has 0 spiro atoms. The highest BCUT2D eigenvalue weighted by Crippen LogP contribution is 2.70. The largest absolute Gasteiger partial charge is 0.312 e. The minimum atomic E-state index is -0.670. The average molecular weight is 428 g/mol. The van der Waals surface area contributed by atoms with Gasteiger partial charge < -0.3 is 4.90 Å². The van der Waals surface area contributed by atoms with Gasteiger partial charge in [-0.2, -0.15) is 0 Å². The van der Waals surface area contributed by atoms with E-state index >= 15 is 0 Å². The summed E-state index contributed by atoms with van der Waals surface area (Å²) < 4.78 is 0. The number of carbonyl (C=O) groups excluding carboxylic acids is 1. The highest BCUT2D eigenvalue weighted by Gasteiger charge is 2.73. The zero-order valence-corrected chi connectivity index (χ0v) is 20.3. The van der Waals surface area contributed by atoms with E-state index in [1.165, 1.54) is 11.1 Å². The van der Waals surface area contributed by atoms with Gasteiger partial charge in [0.05, 0.1) is 27.8 Å². The number of amides is 1. The van der Waals surface area contributed by atoms with Crippen molar-refractivity contribution in [1.82, 2.24) is 9.97 Å². The summed E-state index contributed by atoms with van der Waals surface area (Å²) in [5, 5.41) is 0. The molecule has 2 aliphatic rings. The van der Waals surface area contributed by atoms with E-state index in [1.807, 2.05) is 17.0 Å². The maximum atomic E-state index is 14.5. The van der Waals surface area contributed by atoms with Gasteiger partial charge in [0, 0.05) is 17.6 Å². The Bertz CT molecular complexity index is 1280. The molecular weight excluding hydrogens is 394 g/mol. The van der Waals surface area contributed by atoms with Crippen LogP contribution >= 0.6 is 0 Å². The van der Waals surface area contributed by atoms with Crippen molar-refractivity contribution in [2.24, 2.45) is 5.41 Å². The van der Waals surface area contributed by atoms with Crippen LogP contribution in [0, 0.1) is 26.2 Å². The SMILES string of the molecule is CCN(C(=O)C12CCC(C)(c3nc4cc(C)c(C)cc4nc31)C2(C)C)c1cccc(C)c1. The standard InChI is InChI=1S/C28H33N3O/c1-8-31(20-11-9-10-17(2)14-20)25(32)28-13-12-27(7,26(28,5)6)23-24(28)30-22-16-19(4)18(3)15-21(22)29-23/h9-11,14-16H,8,12-13H2,1-7H3. The molecular formula is C28H33N3O. The first kappa shape index (κ1) is 21.1. The number of aromatic nitrogens is 2. The first-order chi connectivity index (χ1) is 15.1. The van der Waals surface area contributed by atoms with Gasteiger partial charge in [0.1, 0.15) is 0 Å². The highest BCUT2D eigenvalue weighted by molar-refractivity contribution is 6.03. The number of carbonyl (C=O) groups is 1. The Hall–Kier alpha value is -2.75. The Morgan fingerprint density at radius 2 is 1.56 bits per heavy atom. The fourth-order valence-corrected chi connectivity index (χ4v) is 6.30. The summed E-state index contributed by atoms with van der Waals surface area (Å²) in [5.41, 5.74) is 7.18. The van der Waals surface area contributed by atoms with E-state index in [9.17, 15) is 4.79 Å². The summed E-state index contributed by atoms with van der Waals surface area (Å²) >= 11 is 0. The van der Waals surface area contributed by atoms with Crippen molar-refractivity contribution in [1.29, 1.82) is 0 Å². The van der Waals surface area contributed by atoms with Gasteiger partial charge in [-0.15, -0.1) is 0 Å². The second-order valence-corrected chi connectivity index (χ2v) is 10.6. The van der Waals surface area contributed by atoms with Crippen molar-refractivity contribution in [3.63, 3.8) is 0 Å². The van der Waals surface area contributed by atoms with Crippen molar-refractivity contribution < 1.29 is 4.79 Å². The monoisotopic (exact) mass is 427 g/mol. The van der Waals surface area contributed by atoms with Gasteiger partial charge in [0.25, 0.3) is 0 Å². The van der Waals surface area contributed by atoms with Crippen molar-refractivity contribution in [2.45, 2.75) is 72.1 Å². The van der Waals surface area contributed by atoms with Crippen LogP contribution in [0.5, 0.6) is 0 Å². The van der Waals surface area contributed by atoms with Crippen molar-refractivity contribution in [3.8, 4) is 0 Å². The number of nitrogens with zero attached hydrogens (tertiary/aromatic N) is 3. The molecule has 2 aliphatic carbocycles. The molecule has 2 atom stereocenters. The molecule has 1 fully saturated rings. The normalized spacial score (nSPS) is 25.2. The van der Waals surface area contributed by atoms with E-state index in [0.717, 1.165) is 46.5 Å². The number of anilines is 1. The molecule has 2 aromatic carbocycles. The molecule has 0 saturated heterocycles. The van der Waals surface area contributed by atoms with E-state index in [-0.39, 0.29) is 16.7 Å². The lowest BCUT2D eigenvalue weighted by Gasteiger charge is -2.42. The molecule has 166 valence electrons. The quantitative estimate of drug-likeness (QED) is 0.520. The molecule has 4 heteroatoms. The van der Waals surface area contributed by atoms with E-state index in [4.69, 9.17) is 9.97 Å². The number of rotatable bonds is 3. The third-order valence-corrected chi connectivity index (χ3v) is 8.89. The number of hydrogen-bond acceptors (Lipinski definition) is 3. The van der Waals surface area contributed by atoms with E-state index in [0.29, 0.717) is 6.54 Å². The zero-order chi connectivity index (χ0) is 23.1. The van der Waals surface area contributed by atoms with Gasteiger partial charge in [-0.1, -0.05) is 32.9 Å². The van der Waals surface area contributed by atoms with Crippen LogP contribution in [0.2, 0.25) is 0 Å². The first-order valence-electron chi connectivity index (χ1n) is 11.8. The molecule has 4 nitrogen and oxygen atoms in total. The predicted molar refractivity (Wildman–Crippen MR) is 130 cm³/mol. The molecule has 1 saturated carbocycles. The van der Waals surface area contributed by atoms with E-state index in [2.05, 4.69) is 72.7 Å². The zero-order valence-electron chi connectivity index (χ0n) is 20.3. The smallest absolute Gasteiger partial charge is 0.239 e. The van der Waals surface area contributed by atoms with Gasteiger partial charge in [-0.3, -0.25) is 4.79 Å². The van der Waals surface area contributed by atoms with Gasteiger partial charge in [-0.05, 0) is 86.9 Å². The number of fused-ring (bicyclic) bond motifs is 6. The molecule has 0 radical (unpaired) electrons. The van der Waals surface area contributed by atoms with Crippen LogP contribution in [0.1, 0.15) is 68.6 Å². The lowest BCUT2D eigenvalue weighted by Crippen LogP contribution is -2.53. The molecule has 1 heterocycles. The minimum absolute atomic E-state index is 0.163. The molecule has 0 aliphatic heterocycles. The van der Waals surface area contributed by atoms with Crippen molar-refractivity contribution in [3.05, 3.63) is 64.5 Å². The molecule has 2 unspecified atom stereocenters. The van der Waals surface area contributed by atoms with Gasteiger partial charge in [0.2, 0.25) is 5.91 Å². The molecule has 1 amide bonds. The van der Waals surface area contributed by atoms with Crippen LogP contribution in [-0.4, -0.2) is 22.4 Å². The van der Waals surface area contributed by atoms with Crippen LogP contribution in [-0.2, 0) is 15.6 Å². The summed E-state index contributed by atoms with van der Waals surface area (Å²) in [5.74, 6) is 0.163. The summed E-state index contributed by atoms with van der Waals surface area (Å²) in [4.78, 5) is 26.8. The molecule has 5 rings (SSSR count). The molecule has 3 aromatic rings. The number of benzene rings is 2. The van der Waals surface area contributed by atoms with E-state index < -0.39 is 5.41 Å². The molecule has 1 aromatic heterocycles. The summed E-state index contributed by atoms with van der Waals surface area (Å²) in [7, 11) is 0. The van der Waals surface area contributed by atoms with Crippen LogP contribution in [0.15, 0.2) is 36.4 Å². The Labute approximate surface area is 191 Å². The minimum Gasteiger partial charge on any atom is -0.312 e. The molecule has 2 bridgehead atoms. The third kappa shape index (κ3) is 2.41. The maximum absolute atomic E-state index is 14.5. The van der Waals surface area contributed by atoms with Gasteiger partial charge >= 0.3 is 0 Å². The number of likely N-dealkylation sites (N-methyl/N-ethyl adjacent to an activating group) is 1. The topological polar surface area (TPSA) is 46.1 Å². The molecule has 32 heavy (non-hydrogen) atoms. The highest BCUT2D eigenvalue weighted by atomic mass is 16.2. The Morgan fingerprint density at radius 3 is 2.16 bits per heavy atom. The average Bonchev–Trinajstić information content (AvgIpc) is 3.03. The van der Waals surface area contributed by atoms with Gasteiger partial charge in [0.15, 0.2) is 0 Å². The number of aryl methyl sites for hydroxylation is 3. The van der Waals surface area contributed by atoms with Crippen LogP contribution in [0.3, 0.4) is 0 Å². The first-order valence-corrected chi connectivity index (χ1v) is 11.8. The van der Waals surface area contributed by atoms with Crippen molar-refractivity contribution in [2.75, 3.05) is 11.4 Å². The van der Waals surface area contributed by atoms with Crippen LogP contribution in [0.4, 0.5) is 5.69 Å². The third-order valence-electron chi connectivity index (χ3n) is 8.89. The lowest BCUT2D eigenvalue weighted by molar-refractivity contribution is -0.127. The second-order valence-electron chi connectivity index (χ2n) is 10.6. The van der Waals surface area contributed by atoms with Crippen molar-refractivity contribution >= 4 is 22.6 Å². The van der Waals surface area contributed by atoms with E-state index in [1.54, 1.807) is 0 Å². The Kier molecular flexibility index (Phi) is 4.37. The summed E-state index contributed by atoms with van der Waals surface area (Å²) in [6.07, 6.45) is 1.77. The fourth-order valence-electron chi connectivity index (χ4n) is 6.30. The summed E-state index contributed by atoms with van der Waals surface area (Å²) in [6, 6.07) is 12.5. The second kappa shape index (κ2) is 6.63. The van der Waals surface area contributed by atoms with Crippen LogP contribution in [0.25, 0.3) is 11.0 Å². The maximum Gasteiger partial charge on any atom is 0.239 e.